The molecule has 0 radical (unpaired) electrons. The molecular formula is C14H20N2O4S. The molecule has 1 aromatic rings. The van der Waals surface area contributed by atoms with Crippen molar-refractivity contribution in [3.63, 3.8) is 0 Å². The van der Waals surface area contributed by atoms with Gasteiger partial charge in [0.1, 0.15) is 0 Å². The van der Waals surface area contributed by atoms with Crippen LogP contribution in [0.3, 0.4) is 0 Å². The van der Waals surface area contributed by atoms with E-state index in [1.165, 1.54) is 18.2 Å². The third-order valence-corrected chi connectivity index (χ3v) is 4.54. The highest BCUT2D eigenvalue weighted by Gasteiger charge is 2.30. The number of benzene rings is 1. The Balaban J connectivity index is 2.20. The van der Waals surface area contributed by atoms with E-state index in [1.807, 2.05) is 6.92 Å². The number of primary sulfonamides is 1. The van der Waals surface area contributed by atoms with Crippen LogP contribution in [0.15, 0.2) is 23.1 Å². The summed E-state index contributed by atoms with van der Waals surface area (Å²) in [6.07, 6.45) is 1.76. The van der Waals surface area contributed by atoms with Crippen molar-refractivity contribution in [2.24, 2.45) is 5.14 Å². The number of hydrogen-bond donors (Lipinski definition) is 2. The Hall–Kier alpha value is -1.44. The van der Waals surface area contributed by atoms with Crippen LogP contribution < -0.4 is 10.5 Å². The number of hydrogen-bond acceptors (Lipinski definition) is 4. The number of ether oxygens (including phenoxy) is 1. The summed E-state index contributed by atoms with van der Waals surface area (Å²) in [5.74, 6) is -0.235. The molecule has 0 saturated carbocycles. The quantitative estimate of drug-likeness (QED) is 0.867. The molecule has 3 N–H and O–H groups in total. The van der Waals surface area contributed by atoms with Gasteiger partial charge in [0.2, 0.25) is 10.0 Å². The molecular weight excluding hydrogens is 292 g/mol. The molecule has 1 heterocycles. The van der Waals surface area contributed by atoms with E-state index in [9.17, 15) is 13.2 Å². The second-order valence-corrected chi connectivity index (χ2v) is 7.25. The van der Waals surface area contributed by atoms with Crippen LogP contribution in [0, 0.1) is 6.92 Å². The van der Waals surface area contributed by atoms with Crippen molar-refractivity contribution in [2.45, 2.75) is 37.1 Å². The minimum absolute atomic E-state index is 0.00348. The second kappa shape index (κ2) is 5.75. The van der Waals surface area contributed by atoms with Crippen LogP contribution in [0.4, 0.5) is 0 Å². The normalized spacial score (nSPS) is 22.8. The van der Waals surface area contributed by atoms with Crippen molar-refractivity contribution in [1.29, 1.82) is 0 Å². The largest absolute Gasteiger partial charge is 0.379 e. The van der Waals surface area contributed by atoms with Gasteiger partial charge < -0.3 is 10.1 Å². The van der Waals surface area contributed by atoms with Crippen molar-refractivity contribution in [3.05, 3.63) is 29.3 Å². The van der Waals surface area contributed by atoms with Gasteiger partial charge in [0.25, 0.3) is 5.91 Å². The number of carbonyl (C=O) groups excluding carboxylic acids is 1. The Labute approximate surface area is 124 Å². The average Bonchev–Trinajstić information content (AvgIpc) is 2.37. The standard InChI is InChI=1S/C14H20N2O4S/c1-10-8-11(21(15,18)19)4-5-12(10)13(17)16-14(2)6-3-7-20-9-14/h4-5,8H,3,6-7,9H2,1-2H3,(H,16,17)(H2,15,18,19). The number of aryl methyl sites for hydroxylation is 1. The number of sulfonamides is 1. The maximum absolute atomic E-state index is 12.4. The maximum Gasteiger partial charge on any atom is 0.252 e. The molecule has 0 aromatic heterocycles. The number of amides is 1. The SMILES string of the molecule is Cc1cc(S(N)(=O)=O)ccc1C(=O)NC1(C)CCCOC1. The molecule has 21 heavy (non-hydrogen) atoms. The van der Waals surface area contributed by atoms with Gasteiger partial charge in [-0.3, -0.25) is 4.79 Å². The topological polar surface area (TPSA) is 98.5 Å². The van der Waals surface area contributed by atoms with Gasteiger partial charge in [0.05, 0.1) is 17.0 Å². The van der Waals surface area contributed by atoms with E-state index in [2.05, 4.69) is 5.32 Å². The van der Waals surface area contributed by atoms with Gasteiger partial charge in [-0.05, 0) is 50.5 Å². The number of nitrogens with one attached hydrogen (secondary N) is 1. The third-order valence-electron chi connectivity index (χ3n) is 3.62. The lowest BCUT2D eigenvalue weighted by atomic mass is 9.94. The van der Waals surface area contributed by atoms with Crippen LogP contribution in [0.5, 0.6) is 0 Å². The van der Waals surface area contributed by atoms with E-state index >= 15 is 0 Å². The van der Waals surface area contributed by atoms with E-state index in [-0.39, 0.29) is 16.3 Å². The predicted octanol–water partition coefficient (Wildman–Crippen LogP) is 0.941. The van der Waals surface area contributed by atoms with Crippen molar-refractivity contribution in [3.8, 4) is 0 Å². The zero-order valence-electron chi connectivity index (χ0n) is 12.2. The zero-order valence-corrected chi connectivity index (χ0v) is 13.0. The predicted molar refractivity (Wildman–Crippen MR) is 78.5 cm³/mol. The van der Waals surface area contributed by atoms with Crippen LogP contribution in [0.2, 0.25) is 0 Å². The van der Waals surface area contributed by atoms with Crippen molar-refractivity contribution in [1.82, 2.24) is 5.32 Å². The van der Waals surface area contributed by atoms with Gasteiger partial charge in [0.15, 0.2) is 0 Å². The summed E-state index contributed by atoms with van der Waals surface area (Å²) in [6, 6.07) is 4.23. The molecule has 1 unspecified atom stereocenters. The van der Waals surface area contributed by atoms with E-state index in [0.717, 1.165) is 12.8 Å². The average molecular weight is 312 g/mol. The summed E-state index contributed by atoms with van der Waals surface area (Å²) < 4.78 is 28.0. The lowest BCUT2D eigenvalue weighted by molar-refractivity contribution is 0.0272. The number of rotatable bonds is 3. The Kier molecular flexibility index (Phi) is 4.36. The fraction of sp³-hybridized carbons (Fsp3) is 0.500. The van der Waals surface area contributed by atoms with Gasteiger partial charge in [-0.2, -0.15) is 0 Å². The van der Waals surface area contributed by atoms with Crippen LogP contribution in [0.1, 0.15) is 35.7 Å². The first-order valence-electron chi connectivity index (χ1n) is 6.75. The lowest BCUT2D eigenvalue weighted by Gasteiger charge is -2.34. The molecule has 1 fully saturated rings. The molecule has 0 aliphatic carbocycles. The van der Waals surface area contributed by atoms with E-state index in [4.69, 9.17) is 9.88 Å². The summed E-state index contributed by atoms with van der Waals surface area (Å²) in [5, 5.41) is 8.04. The molecule has 7 heteroatoms. The molecule has 1 saturated heterocycles. The first-order chi connectivity index (χ1) is 9.71. The smallest absolute Gasteiger partial charge is 0.252 e. The van der Waals surface area contributed by atoms with Crippen molar-refractivity contribution in [2.75, 3.05) is 13.2 Å². The minimum Gasteiger partial charge on any atom is -0.379 e. The molecule has 1 atom stereocenters. The first kappa shape index (κ1) is 15.9. The van der Waals surface area contributed by atoms with E-state index in [0.29, 0.717) is 24.3 Å². The highest BCUT2D eigenvalue weighted by atomic mass is 32.2. The Morgan fingerprint density at radius 2 is 2.14 bits per heavy atom. The molecule has 6 nitrogen and oxygen atoms in total. The fourth-order valence-electron chi connectivity index (χ4n) is 2.44. The van der Waals surface area contributed by atoms with Gasteiger partial charge in [-0.1, -0.05) is 0 Å². The van der Waals surface area contributed by atoms with Crippen LogP contribution in [-0.4, -0.2) is 33.1 Å². The summed E-state index contributed by atoms with van der Waals surface area (Å²) in [4.78, 5) is 12.4. The van der Waals surface area contributed by atoms with Crippen LogP contribution in [0.25, 0.3) is 0 Å². The first-order valence-corrected chi connectivity index (χ1v) is 8.30. The van der Waals surface area contributed by atoms with E-state index in [1.54, 1.807) is 6.92 Å². The molecule has 2 rings (SSSR count). The lowest BCUT2D eigenvalue weighted by Crippen LogP contribution is -2.51. The van der Waals surface area contributed by atoms with Gasteiger partial charge >= 0.3 is 0 Å². The Bertz CT molecular complexity index is 649. The highest BCUT2D eigenvalue weighted by molar-refractivity contribution is 7.89. The molecule has 0 bridgehead atoms. The van der Waals surface area contributed by atoms with Gasteiger partial charge in [-0.25, -0.2) is 13.6 Å². The fourth-order valence-corrected chi connectivity index (χ4v) is 3.04. The van der Waals surface area contributed by atoms with Crippen LogP contribution >= 0.6 is 0 Å². The Morgan fingerprint density at radius 1 is 1.43 bits per heavy atom. The van der Waals surface area contributed by atoms with Crippen molar-refractivity contribution < 1.29 is 17.9 Å². The maximum atomic E-state index is 12.4. The molecule has 1 amide bonds. The van der Waals surface area contributed by atoms with Crippen LogP contribution in [-0.2, 0) is 14.8 Å². The van der Waals surface area contributed by atoms with Gasteiger partial charge in [0, 0.05) is 12.2 Å². The number of carbonyl (C=O) groups is 1. The zero-order chi connectivity index (χ0) is 15.7. The molecule has 1 aliphatic rings. The highest BCUT2D eigenvalue weighted by Crippen LogP contribution is 2.20. The Morgan fingerprint density at radius 3 is 2.67 bits per heavy atom. The molecule has 0 spiro atoms. The summed E-state index contributed by atoms with van der Waals surface area (Å²) in [7, 11) is -3.76. The molecule has 1 aliphatic heterocycles. The monoisotopic (exact) mass is 312 g/mol. The molecule has 1 aromatic carbocycles. The minimum atomic E-state index is -3.76. The second-order valence-electron chi connectivity index (χ2n) is 5.69. The third kappa shape index (κ3) is 3.81. The summed E-state index contributed by atoms with van der Waals surface area (Å²) in [5.41, 5.74) is 0.619. The summed E-state index contributed by atoms with van der Waals surface area (Å²) in [6.45, 7) is 4.82. The number of nitrogens with two attached hydrogens (primary N) is 1. The van der Waals surface area contributed by atoms with Crippen molar-refractivity contribution >= 4 is 15.9 Å². The van der Waals surface area contributed by atoms with Gasteiger partial charge in [-0.15, -0.1) is 0 Å². The van der Waals surface area contributed by atoms with E-state index < -0.39 is 10.0 Å². The molecule has 116 valence electrons. The summed E-state index contributed by atoms with van der Waals surface area (Å²) >= 11 is 0.